The Morgan fingerprint density at radius 3 is 2.50 bits per heavy atom. The van der Waals surface area contributed by atoms with Crippen molar-refractivity contribution < 1.29 is 18.4 Å². The number of halogens is 1. The van der Waals surface area contributed by atoms with Gasteiger partial charge in [0.2, 0.25) is 5.69 Å². The summed E-state index contributed by atoms with van der Waals surface area (Å²) in [6.07, 6.45) is 0. The summed E-state index contributed by atoms with van der Waals surface area (Å²) in [6, 6.07) is 6.47. The molecule has 1 fully saturated rings. The fourth-order valence-corrected chi connectivity index (χ4v) is 3.34. The highest BCUT2D eigenvalue weighted by molar-refractivity contribution is 6.04. The van der Waals surface area contributed by atoms with Crippen molar-refractivity contribution in [2.24, 2.45) is 0 Å². The van der Waals surface area contributed by atoms with Gasteiger partial charge < -0.3 is 19.1 Å². The minimum absolute atomic E-state index is 0.0906. The fourth-order valence-electron chi connectivity index (χ4n) is 3.34. The van der Waals surface area contributed by atoms with Gasteiger partial charge in [-0.2, -0.15) is 4.98 Å². The summed E-state index contributed by atoms with van der Waals surface area (Å²) in [4.78, 5) is 25.3. The van der Waals surface area contributed by atoms with Gasteiger partial charge in [0.15, 0.2) is 0 Å². The Morgan fingerprint density at radius 2 is 1.82 bits per heavy atom. The number of ether oxygens (including phenoxy) is 1. The van der Waals surface area contributed by atoms with Gasteiger partial charge in [-0.25, -0.2) is 14.2 Å². The molecule has 0 atom stereocenters. The third-order valence-corrected chi connectivity index (χ3v) is 4.67. The molecule has 8 nitrogen and oxygen atoms in total. The molecule has 2 aromatic heterocycles. The van der Waals surface area contributed by atoms with Crippen molar-refractivity contribution in [1.82, 2.24) is 15.1 Å². The topological polar surface area (TPSA) is 84.6 Å². The van der Waals surface area contributed by atoms with Crippen molar-refractivity contribution >= 4 is 28.6 Å². The number of carbonyl (C=O) groups excluding carboxylic acids is 1. The lowest BCUT2D eigenvalue weighted by Gasteiger charge is -2.36. The zero-order valence-electron chi connectivity index (χ0n) is 15.7. The van der Waals surface area contributed by atoms with Crippen LogP contribution in [-0.4, -0.2) is 53.9 Å². The van der Waals surface area contributed by atoms with Crippen LogP contribution in [0, 0.1) is 12.7 Å². The second kappa shape index (κ2) is 7.41. The number of rotatable bonds is 4. The van der Waals surface area contributed by atoms with Crippen molar-refractivity contribution in [3.05, 3.63) is 41.6 Å². The Hall–Kier alpha value is -3.23. The number of fused-ring (bicyclic) bond motifs is 1. The molecule has 1 aliphatic rings. The van der Waals surface area contributed by atoms with Gasteiger partial charge in [-0.3, -0.25) is 0 Å². The van der Waals surface area contributed by atoms with Crippen molar-refractivity contribution in [1.29, 1.82) is 0 Å². The average molecular weight is 385 g/mol. The van der Waals surface area contributed by atoms with Gasteiger partial charge in [0, 0.05) is 31.9 Å². The number of aryl methyl sites for hydroxylation is 1. The first-order valence-corrected chi connectivity index (χ1v) is 9.13. The maximum atomic E-state index is 13.2. The van der Waals surface area contributed by atoms with Gasteiger partial charge in [-0.05, 0) is 38.1 Å². The quantitative estimate of drug-likeness (QED) is 0.634. The molecule has 1 aromatic carbocycles. The SMILES string of the molecule is CCOC(=O)c1noc2nc(C)nc(N3CCN(c4ccc(F)cc4)CC3)c12. The summed E-state index contributed by atoms with van der Waals surface area (Å²) < 4.78 is 23.5. The van der Waals surface area contributed by atoms with Crippen LogP contribution in [0.1, 0.15) is 23.2 Å². The average Bonchev–Trinajstić information content (AvgIpc) is 3.12. The van der Waals surface area contributed by atoms with Gasteiger partial charge in [0.1, 0.15) is 22.8 Å². The van der Waals surface area contributed by atoms with Crippen LogP contribution in [0.25, 0.3) is 11.1 Å². The molecule has 1 aliphatic heterocycles. The number of nitrogens with zero attached hydrogens (tertiary/aromatic N) is 5. The number of benzene rings is 1. The van der Waals surface area contributed by atoms with Crippen molar-refractivity contribution in [3.8, 4) is 0 Å². The predicted molar refractivity (Wildman–Crippen MR) is 101 cm³/mol. The number of hydrogen-bond acceptors (Lipinski definition) is 8. The maximum Gasteiger partial charge on any atom is 0.361 e. The number of hydrogen-bond donors (Lipinski definition) is 0. The molecule has 0 radical (unpaired) electrons. The van der Waals surface area contributed by atoms with Crippen LogP contribution in [0.2, 0.25) is 0 Å². The van der Waals surface area contributed by atoms with Crippen molar-refractivity contribution in [2.45, 2.75) is 13.8 Å². The molecule has 0 unspecified atom stereocenters. The number of carbonyl (C=O) groups is 1. The van der Waals surface area contributed by atoms with E-state index in [0.717, 1.165) is 18.8 Å². The van der Waals surface area contributed by atoms with Crippen LogP contribution < -0.4 is 9.80 Å². The Kier molecular flexibility index (Phi) is 4.81. The molecule has 9 heteroatoms. The summed E-state index contributed by atoms with van der Waals surface area (Å²) >= 11 is 0. The van der Waals surface area contributed by atoms with E-state index in [1.165, 1.54) is 12.1 Å². The van der Waals surface area contributed by atoms with E-state index in [1.54, 1.807) is 26.0 Å². The van der Waals surface area contributed by atoms with E-state index < -0.39 is 5.97 Å². The number of esters is 1. The van der Waals surface area contributed by atoms with E-state index in [9.17, 15) is 9.18 Å². The number of aromatic nitrogens is 3. The molecule has 146 valence electrons. The highest BCUT2D eigenvalue weighted by atomic mass is 19.1. The standard InChI is InChI=1S/C19H20FN5O3/c1-3-27-19(26)16-15-17(21-12(2)22-18(15)28-23-16)25-10-8-24(9-11-25)14-6-4-13(20)5-7-14/h4-7H,3,8-11H2,1-2H3. The molecule has 0 spiro atoms. The molecular formula is C19H20FN5O3. The lowest BCUT2D eigenvalue weighted by molar-refractivity contribution is 0.0517. The first-order chi connectivity index (χ1) is 13.6. The highest BCUT2D eigenvalue weighted by Crippen LogP contribution is 2.29. The molecule has 0 bridgehead atoms. The zero-order chi connectivity index (χ0) is 19.7. The van der Waals surface area contributed by atoms with Gasteiger partial charge in [-0.1, -0.05) is 5.16 Å². The van der Waals surface area contributed by atoms with Gasteiger partial charge in [0.25, 0.3) is 5.71 Å². The monoisotopic (exact) mass is 385 g/mol. The van der Waals surface area contributed by atoms with Crippen LogP contribution in [0.4, 0.5) is 15.9 Å². The normalized spacial score (nSPS) is 14.5. The molecule has 0 N–H and O–H groups in total. The first-order valence-electron chi connectivity index (χ1n) is 9.13. The smallest absolute Gasteiger partial charge is 0.361 e. The van der Waals surface area contributed by atoms with E-state index in [1.807, 2.05) is 0 Å². The Bertz CT molecular complexity index is 997. The Balaban J connectivity index is 1.61. The minimum atomic E-state index is -0.556. The van der Waals surface area contributed by atoms with Crippen LogP contribution in [0.15, 0.2) is 28.8 Å². The fraction of sp³-hybridized carbons (Fsp3) is 0.368. The summed E-state index contributed by atoms with van der Waals surface area (Å²) in [5.74, 6) is 0.348. The van der Waals surface area contributed by atoms with E-state index in [2.05, 4.69) is 24.9 Å². The summed E-state index contributed by atoms with van der Waals surface area (Å²) in [5, 5.41) is 4.33. The Morgan fingerprint density at radius 1 is 1.14 bits per heavy atom. The minimum Gasteiger partial charge on any atom is -0.461 e. The van der Waals surface area contributed by atoms with Crippen molar-refractivity contribution in [2.75, 3.05) is 42.6 Å². The second-order valence-corrected chi connectivity index (χ2v) is 6.48. The van der Waals surface area contributed by atoms with Gasteiger partial charge >= 0.3 is 5.97 Å². The predicted octanol–water partition coefficient (Wildman–Crippen LogP) is 2.57. The molecule has 0 saturated carbocycles. The van der Waals surface area contributed by atoms with Gasteiger partial charge in [0.05, 0.1) is 6.61 Å². The summed E-state index contributed by atoms with van der Waals surface area (Å²) in [7, 11) is 0. The van der Waals surface area contributed by atoms with E-state index >= 15 is 0 Å². The summed E-state index contributed by atoms with van der Waals surface area (Å²) in [5.41, 5.74) is 1.33. The third-order valence-electron chi connectivity index (χ3n) is 4.67. The molecule has 1 saturated heterocycles. The maximum absolute atomic E-state index is 13.2. The molecule has 3 aromatic rings. The second-order valence-electron chi connectivity index (χ2n) is 6.48. The number of anilines is 2. The molecule has 4 rings (SSSR count). The van der Waals surface area contributed by atoms with Crippen LogP contribution in [0.5, 0.6) is 0 Å². The first kappa shape index (κ1) is 18.1. The lowest BCUT2D eigenvalue weighted by Crippen LogP contribution is -2.47. The molecular weight excluding hydrogens is 365 g/mol. The summed E-state index contributed by atoms with van der Waals surface area (Å²) in [6.45, 7) is 6.56. The number of piperazine rings is 1. The largest absolute Gasteiger partial charge is 0.461 e. The molecule has 0 aliphatic carbocycles. The van der Waals surface area contributed by atoms with E-state index in [0.29, 0.717) is 30.1 Å². The zero-order valence-corrected chi connectivity index (χ0v) is 15.7. The molecule has 28 heavy (non-hydrogen) atoms. The van der Waals surface area contributed by atoms with Crippen LogP contribution in [-0.2, 0) is 4.74 Å². The Labute approximate surface area is 160 Å². The van der Waals surface area contributed by atoms with E-state index in [4.69, 9.17) is 9.26 Å². The molecule has 0 amide bonds. The molecule has 3 heterocycles. The third kappa shape index (κ3) is 3.35. The van der Waals surface area contributed by atoms with Crippen molar-refractivity contribution in [3.63, 3.8) is 0 Å². The van der Waals surface area contributed by atoms with Crippen LogP contribution >= 0.6 is 0 Å². The van der Waals surface area contributed by atoms with E-state index in [-0.39, 0.29) is 23.8 Å². The van der Waals surface area contributed by atoms with Gasteiger partial charge in [-0.15, -0.1) is 0 Å². The lowest BCUT2D eigenvalue weighted by atomic mass is 10.2. The highest BCUT2D eigenvalue weighted by Gasteiger charge is 2.27. The van der Waals surface area contributed by atoms with Crippen LogP contribution in [0.3, 0.4) is 0 Å².